The fourth-order valence-electron chi connectivity index (χ4n) is 4.27. The molecule has 2 aromatic carbocycles. The Morgan fingerprint density at radius 2 is 1.84 bits per heavy atom. The van der Waals surface area contributed by atoms with E-state index in [2.05, 4.69) is 70.4 Å². The van der Waals surface area contributed by atoms with Crippen LogP contribution in [-0.2, 0) is 11.3 Å². The maximum atomic E-state index is 12.3. The van der Waals surface area contributed by atoms with Crippen LogP contribution in [-0.4, -0.2) is 40.2 Å². The first kappa shape index (κ1) is 20.7. The Morgan fingerprint density at radius 3 is 2.50 bits per heavy atom. The fourth-order valence-corrected chi connectivity index (χ4v) is 4.27. The highest BCUT2D eigenvalue weighted by atomic mass is 16.5. The topological polar surface area (TPSA) is 60.2 Å². The molecule has 2 heterocycles. The van der Waals surface area contributed by atoms with E-state index in [9.17, 15) is 4.79 Å². The number of ketones is 1. The van der Waals surface area contributed by atoms with Crippen LogP contribution in [0.4, 0.5) is 5.69 Å². The predicted molar refractivity (Wildman–Crippen MR) is 124 cm³/mol. The molecule has 1 aliphatic carbocycles. The molecular formula is C26H30N4O2. The molecule has 1 aromatic heterocycles. The van der Waals surface area contributed by atoms with Crippen LogP contribution in [0.3, 0.4) is 0 Å². The summed E-state index contributed by atoms with van der Waals surface area (Å²) in [4.78, 5) is 18.6. The molecular weight excluding hydrogens is 400 g/mol. The molecule has 0 radical (unpaired) electrons. The Balaban J connectivity index is 1.10. The molecule has 0 amide bonds. The van der Waals surface area contributed by atoms with E-state index in [4.69, 9.17) is 4.74 Å². The summed E-state index contributed by atoms with van der Waals surface area (Å²) in [7, 11) is 0. The quantitative estimate of drug-likeness (QED) is 0.476. The number of benzene rings is 2. The molecule has 166 valence electrons. The highest BCUT2D eigenvalue weighted by Gasteiger charge is 2.28. The third-order valence-electron chi connectivity index (χ3n) is 6.58. The average molecular weight is 431 g/mol. The van der Waals surface area contributed by atoms with Gasteiger partial charge >= 0.3 is 0 Å². The van der Waals surface area contributed by atoms with E-state index in [0.717, 1.165) is 31.4 Å². The molecule has 6 heteroatoms. The number of rotatable bonds is 10. The summed E-state index contributed by atoms with van der Waals surface area (Å²) in [6.07, 6.45) is 6.18. The van der Waals surface area contributed by atoms with Gasteiger partial charge in [0.15, 0.2) is 5.78 Å². The SMILES string of the molecule is C[C@H](CC(=O)Cn1cncn1)c1ccc(C2CN(c3ccc(OCC4CC4)cc3)C2)cc1. The van der Waals surface area contributed by atoms with E-state index in [1.807, 2.05) is 0 Å². The molecule has 0 N–H and O–H groups in total. The standard InChI is InChI=1S/C26H30N4O2/c1-19(12-25(31)15-30-18-27-17-28-30)21-4-6-22(7-5-21)23-13-29(14-23)24-8-10-26(11-9-24)32-16-20-2-3-20/h4-11,17-20,23H,2-3,12-16H2,1H3/t19-/m1/s1. The van der Waals surface area contributed by atoms with Crippen LogP contribution in [0.5, 0.6) is 5.75 Å². The van der Waals surface area contributed by atoms with Crippen LogP contribution in [0.2, 0.25) is 0 Å². The Kier molecular flexibility index (Phi) is 5.93. The lowest BCUT2D eigenvalue weighted by atomic mass is 9.88. The highest BCUT2D eigenvalue weighted by molar-refractivity contribution is 5.78. The number of Topliss-reactive ketones (excluding diaryl/α,β-unsaturated/α-hetero) is 1. The minimum absolute atomic E-state index is 0.172. The van der Waals surface area contributed by atoms with Crippen molar-refractivity contribution in [2.45, 2.75) is 44.6 Å². The Morgan fingerprint density at radius 1 is 1.09 bits per heavy atom. The van der Waals surface area contributed by atoms with E-state index >= 15 is 0 Å². The summed E-state index contributed by atoms with van der Waals surface area (Å²) < 4.78 is 7.42. The molecule has 32 heavy (non-hydrogen) atoms. The minimum Gasteiger partial charge on any atom is -0.493 e. The van der Waals surface area contributed by atoms with Gasteiger partial charge in [-0.05, 0) is 60.1 Å². The van der Waals surface area contributed by atoms with Gasteiger partial charge in [-0.25, -0.2) is 9.67 Å². The molecule has 1 aliphatic heterocycles. The molecule has 6 nitrogen and oxygen atoms in total. The smallest absolute Gasteiger partial charge is 0.154 e. The first-order valence-electron chi connectivity index (χ1n) is 11.6. The van der Waals surface area contributed by atoms with Crippen molar-refractivity contribution >= 4 is 11.5 Å². The van der Waals surface area contributed by atoms with Crippen LogP contribution >= 0.6 is 0 Å². The second-order valence-corrected chi connectivity index (χ2v) is 9.25. The largest absolute Gasteiger partial charge is 0.493 e. The third-order valence-corrected chi connectivity index (χ3v) is 6.58. The van der Waals surface area contributed by atoms with E-state index < -0.39 is 0 Å². The van der Waals surface area contributed by atoms with Crippen molar-refractivity contribution in [2.24, 2.45) is 5.92 Å². The number of anilines is 1. The van der Waals surface area contributed by atoms with Crippen LogP contribution in [0.15, 0.2) is 61.2 Å². The lowest BCUT2D eigenvalue weighted by molar-refractivity contribution is -0.120. The first-order valence-corrected chi connectivity index (χ1v) is 11.6. The molecule has 0 bridgehead atoms. The maximum Gasteiger partial charge on any atom is 0.154 e. The monoisotopic (exact) mass is 430 g/mol. The molecule has 0 spiro atoms. The molecule has 0 unspecified atom stereocenters. The summed E-state index contributed by atoms with van der Waals surface area (Å²) in [5.41, 5.74) is 3.84. The van der Waals surface area contributed by atoms with Crippen LogP contribution in [0, 0.1) is 5.92 Å². The van der Waals surface area contributed by atoms with Gasteiger partial charge in [0.2, 0.25) is 0 Å². The van der Waals surface area contributed by atoms with Crippen molar-refractivity contribution < 1.29 is 9.53 Å². The van der Waals surface area contributed by atoms with Gasteiger partial charge in [-0.1, -0.05) is 31.2 Å². The zero-order valence-corrected chi connectivity index (χ0v) is 18.6. The Bertz CT molecular complexity index is 1020. The van der Waals surface area contributed by atoms with Gasteiger partial charge in [-0.15, -0.1) is 0 Å². The predicted octanol–water partition coefficient (Wildman–Crippen LogP) is 4.43. The molecule has 5 rings (SSSR count). The summed E-state index contributed by atoms with van der Waals surface area (Å²) in [5.74, 6) is 2.67. The van der Waals surface area contributed by atoms with E-state index in [0.29, 0.717) is 12.3 Å². The summed E-state index contributed by atoms with van der Waals surface area (Å²) in [6, 6.07) is 17.3. The van der Waals surface area contributed by atoms with Crippen molar-refractivity contribution in [1.29, 1.82) is 0 Å². The van der Waals surface area contributed by atoms with Crippen molar-refractivity contribution in [2.75, 3.05) is 24.6 Å². The number of aromatic nitrogens is 3. The number of nitrogens with zero attached hydrogens (tertiary/aromatic N) is 4. The first-order chi connectivity index (χ1) is 15.6. The summed E-state index contributed by atoms with van der Waals surface area (Å²) in [5, 5.41) is 4.01. The van der Waals surface area contributed by atoms with Crippen molar-refractivity contribution in [3.05, 3.63) is 72.3 Å². The maximum absolute atomic E-state index is 12.3. The number of ether oxygens (including phenoxy) is 1. The lowest BCUT2D eigenvalue weighted by Crippen LogP contribution is -2.45. The normalized spacial score (nSPS) is 17.1. The molecule has 1 atom stereocenters. The van der Waals surface area contributed by atoms with Gasteiger partial charge in [-0.2, -0.15) is 5.10 Å². The van der Waals surface area contributed by atoms with Gasteiger partial charge < -0.3 is 9.64 Å². The van der Waals surface area contributed by atoms with Gasteiger partial charge in [0.25, 0.3) is 0 Å². The molecule has 1 saturated carbocycles. The van der Waals surface area contributed by atoms with Crippen LogP contribution in [0.1, 0.15) is 49.1 Å². The van der Waals surface area contributed by atoms with Crippen molar-refractivity contribution in [3.8, 4) is 5.75 Å². The summed E-state index contributed by atoms with van der Waals surface area (Å²) in [6.45, 7) is 5.32. The van der Waals surface area contributed by atoms with Crippen LogP contribution in [0.25, 0.3) is 0 Å². The number of carbonyl (C=O) groups excluding carboxylic acids is 1. The van der Waals surface area contributed by atoms with Gasteiger partial charge in [0.05, 0.1) is 6.61 Å². The van der Waals surface area contributed by atoms with Crippen molar-refractivity contribution in [1.82, 2.24) is 14.8 Å². The van der Waals surface area contributed by atoms with Crippen molar-refractivity contribution in [3.63, 3.8) is 0 Å². The van der Waals surface area contributed by atoms with E-state index in [1.54, 1.807) is 11.0 Å². The second-order valence-electron chi connectivity index (χ2n) is 9.25. The van der Waals surface area contributed by atoms with E-state index in [1.165, 1.54) is 36.0 Å². The fraction of sp³-hybridized carbons (Fsp3) is 0.423. The second kappa shape index (κ2) is 9.15. The zero-order chi connectivity index (χ0) is 21.9. The average Bonchev–Trinajstić information content (AvgIpc) is 3.47. The van der Waals surface area contributed by atoms with Gasteiger partial charge in [-0.3, -0.25) is 4.79 Å². The molecule has 1 saturated heterocycles. The zero-order valence-electron chi connectivity index (χ0n) is 18.6. The van der Waals surface area contributed by atoms with E-state index in [-0.39, 0.29) is 18.2 Å². The Labute approximate surface area is 189 Å². The minimum atomic E-state index is 0.172. The number of carbonyl (C=O) groups is 1. The Hall–Kier alpha value is -3.15. The molecule has 2 fully saturated rings. The number of hydrogen-bond donors (Lipinski definition) is 0. The van der Waals surface area contributed by atoms with Gasteiger partial charge in [0.1, 0.15) is 24.9 Å². The lowest BCUT2D eigenvalue weighted by Gasteiger charge is -2.41. The van der Waals surface area contributed by atoms with Crippen LogP contribution < -0.4 is 9.64 Å². The highest BCUT2D eigenvalue weighted by Crippen LogP contribution is 2.34. The molecule has 3 aromatic rings. The third kappa shape index (κ3) is 5.01. The van der Waals surface area contributed by atoms with Gasteiger partial charge in [0, 0.05) is 31.1 Å². The number of hydrogen-bond acceptors (Lipinski definition) is 5. The summed E-state index contributed by atoms with van der Waals surface area (Å²) >= 11 is 0. The molecule has 2 aliphatic rings.